The Morgan fingerprint density at radius 1 is 1.26 bits per heavy atom. The van der Waals surface area contributed by atoms with Crippen molar-refractivity contribution in [2.24, 2.45) is 0 Å². The van der Waals surface area contributed by atoms with Crippen molar-refractivity contribution in [3.63, 3.8) is 0 Å². The minimum atomic E-state index is -0.672. The Balaban J connectivity index is 3.87. The molecular formula is C12H23N3O4. The van der Waals surface area contributed by atoms with Crippen molar-refractivity contribution >= 4 is 18.4 Å². The van der Waals surface area contributed by atoms with Gasteiger partial charge in [0.05, 0.1) is 0 Å². The lowest BCUT2D eigenvalue weighted by Gasteiger charge is -2.21. The molecule has 0 aliphatic carbocycles. The first-order valence-corrected chi connectivity index (χ1v) is 6.20. The van der Waals surface area contributed by atoms with Crippen LogP contribution in [0.4, 0.5) is 4.79 Å². The molecule has 0 radical (unpaired) electrons. The molecule has 0 rings (SSSR count). The van der Waals surface area contributed by atoms with Crippen LogP contribution in [0.25, 0.3) is 0 Å². The Hall–Kier alpha value is -1.79. The summed E-state index contributed by atoms with van der Waals surface area (Å²) in [5, 5.41) is 7.58. The van der Waals surface area contributed by atoms with Gasteiger partial charge in [-0.05, 0) is 34.1 Å². The number of hydrogen-bond acceptors (Lipinski definition) is 4. The molecule has 0 fully saturated rings. The molecule has 7 heteroatoms. The maximum atomic E-state index is 11.6. The van der Waals surface area contributed by atoms with E-state index >= 15 is 0 Å². The monoisotopic (exact) mass is 273 g/mol. The quantitative estimate of drug-likeness (QED) is 0.454. The maximum Gasteiger partial charge on any atom is 0.408 e. The van der Waals surface area contributed by atoms with Gasteiger partial charge in [0.25, 0.3) is 0 Å². The third-order valence-corrected chi connectivity index (χ3v) is 2.01. The third kappa shape index (κ3) is 9.87. The summed E-state index contributed by atoms with van der Waals surface area (Å²) in [4.78, 5) is 33.0. The van der Waals surface area contributed by atoms with E-state index in [2.05, 4.69) is 16.0 Å². The molecule has 0 spiro atoms. The lowest BCUT2D eigenvalue weighted by Crippen LogP contribution is -2.46. The highest BCUT2D eigenvalue weighted by Gasteiger charge is 2.20. The number of carbonyl (C=O) groups is 3. The molecule has 0 aliphatic heterocycles. The summed E-state index contributed by atoms with van der Waals surface area (Å²) < 4.78 is 5.04. The van der Waals surface area contributed by atoms with Crippen LogP contribution in [0, 0.1) is 0 Å². The first kappa shape index (κ1) is 17.2. The van der Waals surface area contributed by atoms with Crippen molar-refractivity contribution in [1.82, 2.24) is 16.0 Å². The van der Waals surface area contributed by atoms with Crippen molar-refractivity contribution < 1.29 is 19.1 Å². The van der Waals surface area contributed by atoms with Gasteiger partial charge in [-0.3, -0.25) is 9.59 Å². The molecule has 7 nitrogen and oxygen atoms in total. The summed E-state index contributed by atoms with van der Waals surface area (Å²) in [6.45, 7) is 7.74. The van der Waals surface area contributed by atoms with Crippen molar-refractivity contribution in [3.8, 4) is 0 Å². The molecule has 0 heterocycles. The van der Waals surface area contributed by atoms with E-state index in [0.29, 0.717) is 25.9 Å². The van der Waals surface area contributed by atoms with Crippen molar-refractivity contribution in [2.45, 2.75) is 45.8 Å². The SMILES string of the molecule is CC(NC(=O)OC(C)(C)C)C(=O)NCCCNC=O. The van der Waals surface area contributed by atoms with Gasteiger partial charge in [0.2, 0.25) is 12.3 Å². The van der Waals surface area contributed by atoms with Crippen molar-refractivity contribution in [3.05, 3.63) is 0 Å². The predicted octanol–water partition coefficient (Wildman–Crippen LogP) is 0.152. The summed E-state index contributed by atoms with van der Waals surface area (Å²) in [6.07, 6.45) is 0.607. The minimum absolute atomic E-state index is 0.294. The fraction of sp³-hybridized carbons (Fsp3) is 0.750. The lowest BCUT2D eigenvalue weighted by atomic mass is 10.2. The Kier molecular flexibility index (Phi) is 7.55. The molecule has 0 aromatic rings. The molecule has 3 N–H and O–H groups in total. The third-order valence-electron chi connectivity index (χ3n) is 2.01. The van der Waals surface area contributed by atoms with E-state index in [0.717, 1.165) is 0 Å². The lowest BCUT2D eigenvalue weighted by molar-refractivity contribution is -0.122. The van der Waals surface area contributed by atoms with Crippen LogP contribution >= 0.6 is 0 Å². The van der Waals surface area contributed by atoms with Gasteiger partial charge in [0.1, 0.15) is 11.6 Å². The van der Waals surface area contributed by atoms with E-state index in [1.807, 2.05) is 0 Å². The first-order valence-electron chi connectivity index (χ1n) is 6.20. The average Bonchev–Trinajstić information content (AvgIpc) is 2.25. The molecule has 0 aromatic carbocycles. The fourth-order valence-electron chi connectivity index (χ4n) is 1.16. The number of alkyl carbamates (subject to hydrolysis) is 1. The Morgan fingerprint density at radius 3 is 2.42 bits per heavy atom. The Bertz CT molecular complexity index is 313. The van der Waals surface area contributed by atoms with Gasteiger partial charge in [0.15, 0.2) is 0 Å². The Labute approximate surface area is 113 Å². The highest BCUT2D eigenvalue weighted by molar-refractivity contribution is 5.85. The topological polar surface area (TPSA) is 96.5 Å². The number of ether oxygens (including phenoxy) is 1. The zero-order chi connectivity index (χ0) is 14.9. The maximum absolute atomic E-state index is 11.6. The minimum Gasteiger partial charge on any atom is -0.444 e. The second-order valence-electron chi connectivity index (χ2n) is 5.08. The van der Waals surface area contributed by atoms with E-state index in [1.165, 1.54) is 0 Å². The van der Waals surface area contributed by atoms with Crippen LogP contribution < -0.4 is 16.0 Å². The van der Waals surface area contributed by atoms with E-state index in [4.69, 9.17) is 4.74 Å². The molecule has 0 saturated carbocycles. The van der Waals surface area contributed by atoms with Crippen LogP contribution in [0.1, 0.15) is 34.1 Å². The van der Waals surface area contributed by atoms with Crippen LogP contribution in [0.2, 0.25) is 0 Å². The smallest absolute Gasteiger partial charge is 0.408 e. The normalized spacial score (nSPS) is 12.2. The van der Waals surface area contributed by atoms with Gasteiger partial charge >= 0.3 is 6.09 Å². The van der Waals surface area contributed by atoms with Gasteiger partial charge in [-0.25, -0.2) is 4.79 Å². The number of carbonyl (C=O) groups excluding carboxylic acids is 3. The summed E-state index contributed by atoms with van der Waals surface area (Å²) in [5.74, 6) is -0.294. The van der Waals surface area contributed by atoms with Crippen molar-refractivity contribution in [1.29, 1.82) is 0 Å². The predicted molar refractivity (Wildman–Crippen MR) is 70.5 cm³/mol. The number of nitrogens with one attached hydrogen (secondary N) is 3. The standard InChI is InChI=1S/C12H23N3O4/c1-9(15-11(18)19-12(2,3)4)10(17)14-7-5-6-13-8-16/h8-9H,5-7H2,1-4H3,(H,13,16)(H,14,17)(H,15,18). The van der Waals surface area contributed by atoms with E-state index in [-0.39, 0.29) is 5.91 Å². The zero-order valence-corrected chi connectivity index (χ0v) is 11.9. The van der Waals surface area contributed by atoms with Crippen LogP contribution in [0.5, 0.6) is 0 Å². The van der Waals surface area contributed by atoms with Crippen LogP contribution in [0.3, 0.4) is 0 Å². The summed E-state index contributed by atoms with van der Waals surface area (Å²) >= 11 is 0. The van der Waals surface area contributed by atoms with E-state index < -0.39 is 17.7 Å². The van der Waals surface area contributed by atoms with E-state index in [1.54, 1.807) is 27.7 Å². The molecule has 3 amide bonds. The zero-order valence-electron chi connectivity index (χ0n) is 11.9. The highest BCUT2D eigenvalue weighted by Crippen LogP contribution is 2.06. The van der Waals surface area contributed by atoms with Crippen LogP contribution in [-0.2, 0) is 14.3 Å². The number of amides is 3. The van der Waals surface area contributed by atoms with Crippen LogP contribution in [0.15, 0.2) is 0 Å². The molecule has 1 unspecified atom stereocenters. The first-order chi connectivity index (χ1) is 8.76. The Morgan fingerprint density at radius 2 is 1.89 bits per heavy atom. The van der Waals surface area contributed by atoms with Gasteiger partial charge in [0, 0.05) is 13.1 Å². The second kappa shape index (κ2) is 8.34. The molecule has 0 aromatic heterocycles. The summed E-state index contributed by atoms with van der Waals surface area (Å²) in [5.41, 5.74) is -0.596. The molecule has 0 aliphatic rings. The molecular weight excluding hydrogens is 250 g/mol. The van der Waals surface area contributed by atoms with Crippen molar-refractivity contribution in [2.75, 3.05) is 13.1 Å². The highest BCUT2D eigenvalue weighted by atomic mass is 16.6. The van der Waals surface area contributed by atoms with Gasteiger partial charge in [-0.2, -0.15) is 0 Å². The van der Waals surface area contributed by atoms with Gasteiger partial charge in [-0.15, -0.1) is 0 Å². The van der Waals surface area contributed by atoms with Gasteiger partial charge in [-0.1, -0.05) is 0 Å². The summed E-state index contributed by atoms with van der Waals surface area (Å²) in [7, 11) is 0. The fourth-order valence-corrected chi connectivity index (χ4v) is 1.16. The second-order valence-corrected chi connectivity index (χ2v) is 5.08. The largest absolute Gasteiger partial charge is 0.444 e. The number of rotatable bonds is 7. The summed E-state index contributed by atoms with van der Waals surface area (Å²) in [6, 6.07) is -0.672. The molecule has 110 valence electrons. The van der Waals surface area contributed by atoms with Gasteiger partial charge < -0.3 is 20.7 Å². The number of hydrogen-bond donors (Lipinski definition) is 3. The molecule has 0 bridgehead atoms. The molecule has 19 heavy (non-hydrogen) atoms. The van der Waals surface area contributed by atoms with E-state index in [9.17, 15) is 14.4 Å². The molecule has 0 saturated heterocycles. The average molecular weight is 273 g/mol. The molecule has 1 atom stereocenters. The van der Waals surface area contributed by atoms with Crippen LogP contribution in [-0.4, -0.2) is 43.1 Å².